The number of rotatable bonds is 1. The van der Waals surface area contributed by atoms with Crippen LogP contribution in [-0.4, -0.2) is 6.54 Å². The van der Waals surface area contributed by atoms with E-state index in [1.54, 1.807) is 11.1 Å². The predicted molar refractivity (Wildman–Crippen MR) is 70.8 cm³/mol. The van der Waals surface area contributed by atoms with Crippen LogP contribution in [0.3, 0.4) is 0 Å². The second-order valence-corrected chi connectivity index (χ2v) is 6.17. The van der Waals surface area contributed by atoms with Gasteiger partial charge in [-0.2, -0.15) is 0 Å². The van der Waals surface area contributed by atoms with Gasteiger partial charge in [0.15, 0.2) is 0 Å². The van der Waals surface area contributed by atoms with Gasteiger partial charge in [0.05, 0.1) is 0 Å². The molecule has 16 heavy (non-hydrogen) atoms. The zero-order valence-corrected chi connectivity index (χ0v) is 11.4. The minimum Gasteiger partial charge on any atom is -0.308 e. The van der Waals surface area contributed by atoms with E-state index in [9.17, 15) is 0 Å². The van der Waals surface area contributed by atoms with Crippen molar-refractivity contribution < 1.29 is 0 Å². The Kier molecular flexibility index (Phi) is 2.60. The third-order valence-electron chi connectivity index (χ3n) is 4.17. The molecule has 1 aliphatic heterocycles. The number of halogens is 1. The molecule has 86 valence electrons. The normalized spacial score (nSPS) is 28.4. The summed E-state index contributed by atoms with van der Waals surface area (Å²) in [6.45, 7) is 3.49. The van der Waals surface area contributed by atoms with E-state index in [0.717, 1.165) is 6.54 Å². The summed E-state index contributed by atoms with van der Waals surface area (Å²) in [6.07, 6.45) is 6.39. The van der Waals surface area contributed by atoms with Gasteiger partial charge < -0.3 is 5.32 Å². The number of hydrogen-bond donors (Lipinski definition) is 1. The van der Waals surface area contributed by atoms with Crippen molar-refractivity contribution in [1.82, 2.24) is 5.32 Å². The molecule has 1 nitrogen and oxygen atoms in total. The lowest BCUT2D eigenvalue weighted by atomic mass is 9.88. The van der Waals surface area contributed by atoms with Gasteiger partial charge in [0.2, 0.25) is 0 Å². The molecule has 1 heterocycles. The molecule has 2 heteroatoms. The van der Waals surface area contributed by atoms with Crippen LogP contribution in [0, 0.1) is 0 Å². The summed E-state index contributed by atoms with van der Waals surface area (Å²) in [5.74, 6) is 0. The molecule has 1 saturated heterocycles. The molecule has 1 aliphatic carbocycles. The molecule has 1 atom stereocenters. The van der Waals surface area contributed by atoms with Gasteiger partial charge in [-0.1, -0.05) is 22.0 Å². The molecule has 1 fully saturated rings. The van der Waals surface area contributed by atoms with Crippen molar-refractivity contribution in [2.75, 3.05) is 6.54 Å². The quantitative estimate of drug-likeness (QED) is 0.829. The van der Waals surface area contributed by atoms with Gasteiger partial charge in [-0.05, 0) is 68.3 Å². The van der Waals surface area contributed by atoms with E-state index in [1.165, 1.54) is 42.1 Å². The molecule has 1 aromatic carbocycles. The molecule has 2 aliphatic rings. The maximum atomic E-state index is 3.74. The van der Waals surface area contributed by atoms with Crippen molar-refractivity contribution in [3.63, 3.8) is 0 Å². The highest BCUT2D eigenvalue weighted by molar-refractivity contribution is 9.10. The number of benzene rings is 1. The van der Waals surface area contributed by atoms with Gasteiger partial charge in [-0.3, -0.25) is 0 Å². The molecular formula is C14H18BrN. The smallest absolute Gasteiger partial charge is 0.0407 e. The molecule has 0 radical (unpaired) electrons. The van der Waals surface area contributed by atoms with Crippen molar-refractivity contribution in [1.29, 1.82) is 0 Å². The molecule has 1 unspecified atom stereocenters. The summed E-state index contributed by atoms with van der Waals surface area (Å²) in [5.41, 5.74) is 4.79. The molecule has 0 aromatic heterocycles. The molecule has 0 saturated carbocycles. The van der Waals surface area contributed by atoms with Crippen LogP contribution in [0.5, 0.6) is 0 Å². The average molecular weight is 280 g/mol. The largest absolute Gasteiger partial charge is 0.308 e. The topological polar surface area (TPSA) is 12.0 Å². The first-order chi connectivity index (χ1) is 7.69. The first kappa shape index (κ1) is 10.8. The lowest BCUT2D eigenvalue weighted by Crippen LogP contribution is -2.33. The summed E-state index contributed by atoms with van der Waals surface area (Å²) in [5, 5.41) is 3.65. The van der Waals surface area contributed by atoms with Crippen LogP contribution in [-0.2, 0) is 18.4 Å². The van der Waals surface area contributed by atoms with E-state index in [2.05, 4.69) is 40.3 Å². The predicted octanol–water partition coefficient (Wildman–Crippen LogP) is 3.54. The zero-order valence-electron chi connectivity index (χ0n) is 9.78. The van der Waals surface area contributed by atoms with Gasteiger partial charge >= 0.3 is 0 Å². The molecule has 0 bridgehead atoms. The van der Waals surface area contributed by atoms with Gasteiger partial charge in [0.25, 0.3) is 0 Å². The first-order valence-corrected chi connectivity index (χ1v) is 7.05. The van der Waals surface area contributed by atoms with Crippen LogP contribution < -0.4 is 5.32 Å². The highest BCUT2D eigenvalue weighted by Crippen LogP contribution is 2.37. The molecule has 1 N–H and O–H groups in total. The number of aryl methyl sites for hydroxylation is 1. The van der Waals surface area contributed by atoms with E-state index < -0.39 is 0 Å². The number of nitrogens with one attached hydrogen (secondary N) is 1. The van der Waals surface area contributed by atoms with E-state index in [4.69, 9.17) is 0 Å². The maximum Gasteiger partial charge on any atom is 0.0407 e. The summed E-state index contributed by atoms with van der Waals surface area (Å²) >= 11 is 3.74. The van der Waals surface area contributed by atoms with Gasteiger partial charge in [-0.15, -0.1) is 0 Å². The van der Waals surface area contributed by atoms with Crippen molar-refractivity contribution >= 4 is 15.9 Å². The van der Waals surface area contributed by atoms with Crippen LogP contribution in [0.2, 0.25) is 0 Å². The lowest BCUT2D eigenvalue weighted by Gasteiger charge is -2.26. The van der Waals surface area contributed by atoms with E-state index in [1.807, 2.05) is 0 Å². The maximum absolute atomic E-state index is 3.74. The zero-order chi connectivity index (χ0) is 11.2. The van der Waals surface area contributed by atoms with E-state index in [0.29, 0.717) is 0 Å². The second kappa shape index (κ2) is 3.85. The standard InChI is InChI=1S/C14H18BrN/c1-14(6-3-7-16-14)11-8-10-4-2-5-12(10)13(15)9-11/h8-9,16H,2-7H2,1H3. The minimum atomic E-state index is 0.208. The van der Waals surface area contributed by atoms with Crippen molar-refractivity contribution in [3.8, 4) is 0 Å². The SMILES string of the molecule is CC1(c2cc(Br)c3c(c2)CCC3)CCCN1. The van der Waals surface area contributed by atoms with Crippen molar-refractivity contribution in [3.05, 3.63) is 33.3 Å². The Bertz CT molecular complexity index is 419. The Morgan fingerprint density at radius 2 is 2.12 bits per heavy atom. The Morgan fingerprint density at radius 1 is 1.25 bits per heavy atom. The molecule has 0 amide bonds. The van der Waals surface area contributed by atoms with Crippen LogP contribution in [0.25, 0.3) is 0 Å². The summed E-state index contributed by atoms with van der Waals surface area (Å²) in [7, 11) is 0. The van der Waals surface area contributed by atoms with Crippen LogP contribution in [0.4, 0.5) is 0 Å². The van der Waals surface area contributed by atoms with Gasteiger partial charge in [-0.25, -0.2) is 0 Å². The number of fused-ring (bicyclic) bond motifs is 1. The summed E-state index contributed by atoms with van der Waals surface area (Å²) < 4.78 is 1.33. The Balaban J connectivity index is 2.05. The van der Waals surface area contributed by atoms with E-state index >= 15 is 0 Å². The third kappa shape index (κ3) is 1.63. The average Bonchev–Trinajstić information content (AvgIpc) is 2.86. The highest BCUT2D eigenvalue weighted by Gasteiger charge is 2.31. The third-order valence-corrected chi connectivity index (χ3v) is 4.87. The fraction of sp³-hybridized carbons (Fsp3) is 0.571. The molecular weight excluding hydrogens is 262 g/mol. The summed E-state index contributed by atoms with van der Waals surface area (Å²) in [6, 6.07) is 4.77. The first-order valence-electron chi connectivity index (χ1n) is 6.26. The monoisotopic (exact) mass is 279 g/mol. The van der Waals surface area contributed by atoms with Gasteiger partial charge in [0, 0.05) is 10.0 Å². The Morgan fingerprint density at radius 3 is 2.88 bits per heavy atom. The summed E-state index contributed by atoms with van der Waals surface area (Å²) in [4.78, 5) is 0. The van der Waals surface area contributed by atoms with Crippen molar-refractivity contribution in [2.45, 2.75) is 44.6 Å². The minimum absolute atomic E-state index is 0.208. The molecule has 3 rings (SSSR count). The lowest BCUT2D eigenvalue weighted by molar-refractivity contribution is 0.434. The van der Waals surface area contributed by atoms with Crippen LogP contribution in [0.1, 0.15) is 42.9 Å². The molecule has 0 spiro atoms. The van der Waals surface area contributed by atoms with Crippen LogP contribution in [0.15, 0.2) is 16.6 Å². The Labute approximate surface area is 106 Å². The fourth-order valence-corrected chi connectivity index (χ4v) is 3.81. The van der Waals surface area contributed by atoms with Crippen molar-refractivity contribution in [2.24, 2.45) is 0 Å². The van der Waals surface area contributed by atoms with E-state index in [-0.39, 0.29) is 5.54 Å². The highest BCUT2D eigenvalue weighted by atomic mass is 79.9. The Hall–Kier alpha value is -0.340. The second-order valence-electron chi connectivity index (χ2n) is 5.31. The van der Waals surface area contributed by atoms with Gasteiger partial charge in [0.1, 0.15) is 0 Å². The fourth-order valence-electron chi connectivity index (χ4n) is 3.11. The van der Waals surface area contributed by atoms with Crippen LogP contribution >= 0.6 is 15.9 Å². The molecule has 1 aromatic rings. The number of hydrogen-bond acceptors (Lipinski definition) is 1.